The van der Waals surface area contributed by atoms with Gasteiger partial charge in [0, 0.05) is 24.1 Å². The van der Waals surface area contributed by atoms with E-state index in [0.29, 0.717) is 12.1 Å². The molecule has 4 rings (SSSR count). The molecule has 1 aliphatic carbocycles. The van der Waals surface area contributed by atoms with Crippen LogP contribution in [0.15, 0.2) is 66.9 Å². The van der Waals surface area contributed by atoms with Crippen LogP contribution in [0.4, 0.5) is 5.95 Å². The SMILES string of the molecule is Nc1ncc2c(n1)CC(c1ccccc1-c1ccccc1)C=C2NOCC(=O)O. The number of aliphatic carboxylic acids is 1. The average Bonchev–Trinajstić information content (AvgIpc) is 2.73. The van der Waals surface area contributed by atoms with Gasteiger partial charge in [-0.3, -0.25) is 10.3 Å². The Morgan fingerprint density at radius 2 is 1.90 bits per heavy atom. The second-order valence-electron chi connectivity index (χ2n) is 6.72. The minimum Gasteiger partial charge on any atom is -0.479 e. The molecule has 0 saturated heterocycles. The normalized spacial score (nSPS) is 15.3. The molecule has 1 atom stereocenters. The summed E-state index contributed by atoms with van der Waals surface area (Å²) in [5, 5.41) is 8.84. The molecule has 0 amide bonds. The summed E-state index contributed by atoms with van der Waals surface area (Å²) < 4.78 is 0. The van der Waals surface area contributed by atoms with Gasteiger partial charge in [0.15, 0.2) is 6.61 Å². The van der Waals surface area contributed by atoms with Gasteiger partial charge < -0.3 is 10.8 Å². The molecule has 1 aliphatic rings. The zero-order valence-electron chi connectivity index (χ0n) is 15.6. The van der Waals surface area contributed by atoms with E-state index >= 15 is 0 Å². The van der Waals surface area contributed by atoms with Crippen molar-refractivity contribution in [2.75, 3.05) is 12.3 Å². The third-order valence-corrected chi connectivity index (χ3v) is 4.78. The first kappa shape index (κ1) is 18.6. The number of carboxylic acid groups (broad SMARTS) is 1. The van der Waals surface area contributed by atoms with Crippen molar-refractivity contribution >= 4 is 17.6 Å². The van der Waals surface area contributed by atoms with Crippen LogP contribution in [0.25, 0.3) is 16.8 Å². The smallest absolute Gasteiger partial charge is 0.332 e. The van der Waals surface area contributed by atoms with Gasteiger partial charge in [0.2, 0.25) is 5.95 Å². The Bertz CT molecular complexity index is 1070. The number of hydrogen-bond donors (Lipinski definition) is 3. The Morgan fingerprint density at radius 1 is 1.14 bits per heavy atom. The number of nitrogens with two attached hydrogens (primary N) is 1. The van der Waals surface area contributed by atoms with E-state index in [9.17, 15) is 4.79 Å². The van der Waals surface area contributed by atoms with Crippen molar-refractivity contribution in [3.8, 4) is 11.1 Å². The lowest BCUT2D eigenvalue weighted by molar-refractivity contribution is -0.143. The number of rotatable bonds is 6. The van der Waals surface area contributed by atoms with Crippen LogP contribution >= 0.6 is 0 Å². The molecule has 1 unspecified atom stereocenters. The molecule has 0 bridgehead atoms. The highest BCUT2D eigenvalue weighted by atomic mass is 16.7. The van der Waals surface area contributed by atoms with Crippen molar-refractivity contribution in [3.05, 3.63) is 83.7 Å². The zero-order valence-corrected chi connectivity index (χ0v) is 15.6. The van der Waals surface area contributed by atoms with Gasteiger partial charge in [0.05, 0.1) is 11.4 Å². The van der Waals surface area contributed by atoms with Gasteiger partial charge in [-0.25, -0.2) is 14.8 Å². The van der Waals surface area contributed by atoms with E-state index in [0.717, 1.165) is 27.9 Å². The molecule has 7 heteroatoms. The predicted octanol–water partition coefficient (Wildman–Crippen LogP) is 3.01. The number of carbonyl (C=O) groups is 1. The van der Waals surface area contributed by atoms with Crippen LogP contribution in [0.5, 0.6) is 0 Å². The minimum absolute atomic E-state index is 0.00383. The van der Waals surface area contributed by atoms with Gasteiger partial charge in [-0.2, -0.15) is 0 Å². The molecule has 2 aromatic carbocycles. The standard InChI is InChI=1S/C22H20N4O3/c23-22-24-12-18-19(25-22)10-15(11-20(18)26-29-13-21(27)28)17-9-5-4-8-16(17)14-6-2-1-3-7-14/h1-9,11-12,15,26H,10,13H2,(H,27,28)(H2,23,24,25). The van der Waals surface area contributed by atoms with Crippen LogP contribution in [-0.2, 0) is 16.1 Å². The van der Waals surface area contributed by atoms with Gasteiger partial charge in [-0.15, -0.1) is 0 Å². The Morgan fingerprint density at radius 3 is 2.69 bits per heavy atom. The second kappa shape index (κ2) is 8.12. The van der Waals surface area contributed by atoms with Gasteiger partial charge in [0.1, 0.15) is 0 Å². The zero-order chi connectivity index (χ0) is 20.2. The Hall–Kier alpha value is -3.71. The summed E-state index contributed by atoms with van der Waals surface area (Å²) in [6.45, 7) is -0.465. The van der Waals surface area contributed by atoms with Crippen molar-refractivity contribution in [1.29, 1.82) is 0 Å². The first-order chi connectivity index (χ1) is 14.1. The lowest BCUT2D eigenvalue weighted by Crippen LogP contribution is -2.23. The first-order valence-corrected chi connectivity index (χ1v) is 9.19. The maximum absolute atomic E-state index is 10.8. The van der Waals surface area contributed by atoms with Crippen molar-refractivity contribution < 1.29 is 14.7 Å². The van der Waals surface area contributed by atoms with E-state index in [1.54, 1.807) is 6.20 Å². The maximum atomic E-state index is 10.8. The van der Waals surface area contributed by atoms with Crippen LogP contribution in [-0.4, -0.2) is 27.7 Å². The number of nitrogen functional groups attached to an aromatic ring is 1. The number of hydrogen-bond acceptors (Lipinski definition) is 6. The summed E-state index contributed by atoms with van der Waals surface area (Å²) >= 11 is 0. The highest BCUT2D eigenvalue weighted by Gasteiger charge is 2.25. The average molecular weight is 388 g/mol. The Kier molecular flexibility index (Phi) is 5.22. The highest BCUT2D eigenvalue weighted by molar-refractivity contribution is 5.73. The fourth-order valence-electron chi connectivity index (χ4n) is 3.54. The van der Waals surface area contributed by atoms with Crippen molar-refractivity contribution in [2.24, 2.45) is 0 Å². The van der Waals surface area contributed by atoms with E-state index in [1.165, 1.54) is 0 Å². The van der Waals surface area contributed by atoms with Gasteiger partial charge in [-0.05, 0) is 16.7 Å². The van der Waals surface area contributed by atoms with Crippen LogP contribution in [0.2, 0.25) is 0 Å². The molecule has 29 heavy (non-hydrogen) atoms. The number of nitrogens with zero attached hydrogens (tertiary/aromatic N) is 2. The predicted molar refractivity (Wildman–Crippen MR) is 109 cm³/mol. The van der Waals surface area contributed by atoms with Gasteiger partial charge >= 0.3 is 5.97 Å². The monoisotopic (exact) mass is 388 g/mol. The molecule has 0 radical (unpaired) electrons. The van der Waals surface area contributed by atoms with Crippen LogP contribution < -0.4 is 11.2 Å². The van der Waals surface area contributed by atoms with E-state index in [1.807, 2.05) is 36.4 Å². The largest absolute Gasteiger partial charge is 0.479 e. The maximum Gasteiger partial charge on any atom is 0.332 e. The number of allylic oxidation sites excluding steroid dienone is 1. The number of aromatic nitrogens is 2. The number of fused-ring (bicyclic) bond motifs is 1. The summed E-state index contributed by atoms with van der Waals surface area (Å²) in [5.74, 6) is -0.857. The number of benzene rings is 2. The quantitative estimate of drug-likeness (QED) is 0.557. The van der Waals surface area contributed by atoms with Crippen molar-refractivity contribution in [2.45, 2.75) is 12.3 Å². The van der Waals surface area contributed by atoms with E-state index < -0.39 is 12.6 Å². The summed E-state index contributed by atoms with van der Waals surface area (Å²) in [6.07, 6.45) is 4.29. The fraction of sp³-hybridized carbons (Fsp3) is 0.136. The molecule has 4 N–H and O–H groups in total. The van der Waals surface area contributed by atoms with Gasteiger partial charge in [0.25, 0.3) is 0 Å². The topological polar surface area (TPSA) is 110 Å². The Balaban J connectivity index is 1.74. The van der Waals surface area contributed by atoms with Crippen molar-refractivity contribution in [3.63, 3.8) is 0 Å². The lowest BCUT2D eigenvalue weighted by atomic mass is 9.83. The summed E-state index contributed by atoms with van der Waals surface area (Å²) in [7, 11) is 0. The number of carboxylic acids is 1. The van der Waals surface area contributed by atoms with E-state index in [2.05, 4.69) is 39.7 Å². The number of nitrogens with one attached hydrogen (secondary N) is 1. The van der Waals surface area contributed by atoms with Crippen molar-refractivity contribution in [1.82, 2.24) is 15.4 Å². The molecule has 146 valence electrons. The molecule has 3 aromatic rings. The van der Waals surface area contributed by atoms with Gasteiger partial charge in [-0.1, -0.05) is 60.7 Å². The molecule has 1 aromatic heterocycles. The third kappa shape index (κ3) is 4.09. The fourth-order valence-corrected chi connectivity index (χ4v) is 3.54. The molecule has 7 nitrogen and oxygen atoms in total. The highest BCUT2D eigenvalue weighted by Crippen LogP contribution is 2.37. The third-order valence-electron chi connectivity index (χ3n) is 4.78. The molecule has 0 aliphatic heterocycles. The number of hydroxylamine groups is 1. The molecule has 0 saturated carbocycles. The minimum atomic E-state index is -1.06. The summed E-state index contributed by atoms with van der Waals surface area (Å²) in [5.41, 5.74) is 14.1. The van der Waals surface area contributed by atoms with Crippen LogP contribution in [0, 0.1) is 0 Å². The summed E-state index contributed by atoms with van der Waals surface area (Å²) in [6, 6.07) is 18.4. The summed E-state index contributed by atoms with van der Waals surface area (Å²) in [4.78, 5) is 24.4. The van der Waals surface area contributed by atoms with E-state index in [-0.39, 0.29) is 11.9 Å². The first-order valence-electron chi connectivity index (χ1n) is 9.19. The lowest BCUT2D eigenvalue weighted by Gasteiger charge is -2.25. The molecular weight excluding hydrogens is 368 g/mol. The molecule has 0 fully saturated rings. The molecular formula is C22H20N4O3. The van der Waals surface area contributed by atoms with Crippen LogP contribution in [0.1, 0.15) is 22.7 Å². The molecule has 1 heterocycles. The van der Waals surface area contributed by atoms with E-state index in [4.69, 9.17) is 15.7 Å². The second-order valence-corrected chi connectivity index (χ2v) is 6.72. The number of anilines is 1. The molecule has 0 spiro atoms. The Labute approximate surface area is 167 Å². The van der Waals surface area contributed by atoms with Crippen LogP contribution in [0.3, 0.4) is 0 Å².